The zero-order valence-electron chi connectivity index (χ0n) is 11.4. The fourth-order valence-corrected chi connectivity index (χ4v) is 2.91. The molecule has 4 nitrogen and oxygen atoms in total. The summed E-state index contributed by atoms with van der Waals surface area (Å²) in [5.74, 6) is 0. The fourth-order valence-electron chi connectivity index (χ4n) is 2.79. The van der Waals surface area contributed by atoms with Crippen molar-refractivity contribution >= 4 is 11.6 Å². The summed E-state index contributed by atoms with van der Waals surface area (Å²) in [7, 11) is 0. The Morgan fingerprint density at radius 2 is 2.10 bits per heavy atom. The van der Waals surface area contributed by atoms with Gasteiger partial charge in [-0.3, -0.25) is 9.67 Å². The molecule has 5 heteroatoms. The van der Waals surface area contributed by atoms with E-state index in [0.29, 0.717) is 17.5 Å². The smallest absolute Gasteiger partial charge is 0.0644 e. The first-order chi connectivity index (χ1) is 9.72. The number of rotatable bonds is 4. The minimum Gasteiger partial charge on any atom is -0.322 e. The summed E-state index contributed by atoms with van der Waals surface area (Å²) in [4.78, 5) is 4.27. The summed E-state index contributed by atoms with van der Waals surface area (Å²) in [6.07, 6.45) is 9.52. The van der Waals surface area contributed by atoms with Gasteiger partial charge >= 0.3 is 0 Å². The lowest BCUT2D eigenvalue weighted by Crippen LogP contribution is -2.15. The normalized spacial score (nSPS) is 17.5. The SMILES string of the molecule is NC(Cc1ccn(C2CCCC2)n1)c1ccc(Cl)cn1. The fraction of sp³-hybridized carbons (Fsp3) is 0.467. The summed E-state index contributed by atoms with van der Waals surface area (Å²) in [5.41, 5.74) is 8.07. The second-order valence-corrected chi connectivity index (χ2v) is 5.87. The highest BCUT2D eigenvalue weighted by molar-refractivity contribution is 6.30. The lowest BCUT2D eigenvalue weighted by molar-refractivity contribution is 0.461. The van der Waals surface area contributed by atoms with Gasteiger partial charge in [-0.05, 0) is 31.0 Å². The van der Waals surface area contributed by atoms with Gasteiger partial charge in [0.25, 0.3) is 0 Å². The highest BCUT2D eigenvalue weighted by Crippen LogP contribution is 2.29. The van der Waals surface area contributed by atoms with Crippen molar-refractivity contribution in [1.29, 1.82) is 0 Å². The van der Waals surface area contributed by atoms with E-state index in [1.165, 1.54) is 25.7 Å². The van der Waals surface area contributed by atoms with Crippen molar-refractivity contribution in [3.8, 4) is 0 Å². The van der Waals surface area contributed by atoms with Crippen LogP contribution in [0.1, 0.15) is 49.2 Å². The average molecular weight is 291 g/mol. The number of nitrogens with two attached hydrogens (primary N) is 1. The molecule has 1 fully saturated rings. The first-order valence-electron chi connectivity index (χ1n) is 7.13. The number of pyridine rings is 1. The minimum atomic E-state index is -0.140. The van der Waals surface area contributed by atoms with Crippen LogP contribution in [0.15, 0.2) is 30.6 Å². The van der Waals surface area contributed by atoms with Crippen molar-refractivity contribution < 1.29 is 0 Å². The second kappa shape index (κ2) is 5.94. The van der Waals surface area contributed by atoms with Gasteiger partial charge in [-0.25, -0.2) is 0 Å². The van der Waals surface area contributed by atoms with Crippen LogP contribution in [0.5, 0.6) is 0 Å². The maximum atomic E-state index is 6.18. The minimum absolute atomic E-state index is 0.140. The third-order valence-electron chi connectivity index (χ3n) is 3.92. The molecule has 106 valence electrons. The number of aromatic nitrogens is 3. The third kappa shape index (κ3) is 3.02. The Morgan fingerprint density at radius 1 is 1.30 bits per heavy atom. The molecule has 1 aliphatic carbocycles. The van der Waals surface area contributed by atoms with Gasteiger partial charge in [0.05, 0.1) is 28.5 Å². The van der Waals surface area contributed by atoms with Crippen molar-refractivity contribution in [3.05, 3.63) is 47.0 Å². The van der Waals surface area contributed by atoms with Gasteiger partial charge in [0.15, 0.2) is 0 Å². The van der Waals surface area contributed by atoms with E-state index in [9.17, 15) is 0 Å². The first-order valence-corrected chi connectivity index (χ1v) is 7.51. The Kier molecular flexibility index (Phi) is 4.03. The Hall–Kier alpha value is -1.39. The van der Waals surface area contributed by atoms with Crippen LogP contribution in [0.25, 0.3) is 0 Å². The monoisotopic (exact) mass is 290 g/mol. The van der Waals surface area contributed by atoms with E-state index in [1.807, 2.05) is 12.1 Å². The van der Waals surface area contributed by atoms with Crippen molar-refractivity contribution in [3.63, 3.8) is 0 Å². The van der Waals surface area contributed by atoms with E-state index in [-0.39, 0.29) is 6.04 Å². The molecule has 1 atom stereocenters. The third-order valence-corrected chi connectivity index (χ3v) is 4.15. The van der Waals surface area contributed by atoms with Crippen LogP contribution in [0, 0.1) is 0 Å². The Bertz CT molecular complexity index is 558. The molecule has 0 amide bonds. The predicted molar refractivity (Wildman–Crippen MR) is 79.6 cm³/mol. The van der Waals surface area contributed by atoms with E-state index in [1.54, 1.807) is 6.20 Å². The van der Waals surface area contributed by atoms with Gasteiger partial charge in [-0.15, -0.1) is 0 Å². The van der Waals surface area contributed by atoms with Crippen LogP contribution in [0.2, 0.25) is 5.02 Å². The van der Waals surface area contributed by atoms with E-state index in [2.05, 4.69) is 27.0 Å². The van der Waals surface area contributed by atoms with Gasteiger partial charge < -0.3 is 5.73 Å². The Labute approximate surface area is 124 Å². The number of halogens is 1. The molecule has 0 aromatic carbocycles. The van der Waals surface area contributed by atoms with Crippen LogP contribution < -0.4 is 5.73 Å². The average Bonchev–Trinajstić information content (AvgIpc) is 3.09. The summed E-state index contributed by atoms with van der Waals surface area (Å²) < 4.78 is 2.10. The maximum absolute atomic E-state index is 6.18. The molecule has 0 aliphatic heterocycles. The second-order valence-electron chi connectivity index (χ2n) is 5.44. The quantitative estimate of drug-likeness (QED) is 0.940. The summed E-state index contributed by atoms with van der Waals surface area (Å²) >= 11 is 5.83. The van der Waals surface area contributed by atoms with Crippen LogP contribution in [0.3, 0.4) is 0 Å². The highest BCUT2D eigenvalue weighted by Gasteiger charge is 2.18. The molecule has 2 aromatic rings. The zero-order valence-corrected chi connectivity index (χ0v) is 12.1. The van der Waals surface area contributed by atoms with Crippen molar-refractivity contribution in [2.24, 2.45) is 5.73 Å². The molecule has 2 aromatic heterocycles. The molecule has 0 spiro atoms. The molecule has 1 aliphatic rings. The lowest BCUT2D eigenvalue weighted by atomic mass is 10.1. The molecule has 0 bridgehead atoms. The Balaban J connectivity index is 1.66. The number of hydrogen-bond donors (Lipinski definition) is 1. The van der Waals surface area contributed by atoms with Gasteiger partial charge in [0, 0.05) is 18.8 Å². The van der Waals surface area contributed by atoms with E-state index in [4.69, 9.17) is 17.3 Å². The molecule has 2 heterocycles. The van der Waals surface area contributed by atoms with E-state index in [0.717, 1.165) is 11.4 Å². The van der Waals surface area contributed by atoms with Crippen LogP contribution >= 0.6 is 11.6 Å². The van der Waals surface area contributed by atoms with Gasteiger partial charge in [-0.2, -0.15) is 5.10 Å². The molecule has 0 saturated heterocycles. The largest absolute Gasteiger partial charge is 0.322 e. The maximum Gasteiger partial charge on any atom is 0.0644 e. The van der Waals surface area contributed by atoms with E-state index < -0.39 is 0 Å². The van der Waals surface area contributed by atoms with Crippen LogP contribution in [0.4, 0.5) is 0 Å². The summed E-state index contributed by atoms with van der Waals surface area (Å²) in [5, 5.41) is 5.29. The highest BCUT2D eigenvalue weighted by atomic mass is 35.5. The summed E-state index contributed by atoms with van der Waals surface area (Å²) in [6.45, 7) is 0. The van der Waals surface area contributed by atoms with Crippen LogP contribution in [-0.2, 0) is 6.42 Å². The molecule has 1 unspecified atom stereocenters. The topological polar surface area (TPSA) is 56.7 Å². The molecule has 1 saturated carbocycles. The molecule has 20 heavy (non-hydrogen) atoms. The van der Waals surface area contributed by atoms with Gasteiger partial charge in [0.2, 0.25) is 0 Å². The van der Waals surface area contributed by atoms with Crippen molar-refractivity contribution in [2.75, 3.05) is 0 Å². The summed E-state index contributed by atoms with van der Waals surface area (Å²) in [6, 6.07) is 6.20. The molecule has 3 rings (SSSR count). The van der Waals surface area contributed by atoms with E-state index >= 15 is 0 Å². The standard InChI is InChI=1S/C15H19ClN4/c16-11-5-6-15(18-10-11)14(17)9-12-7-8-20(19-12)13-3-1-2-4-13/h5-8,10,13-14H,1-4,9,17H2. The van der Waals surface area contributed by atoms with Gasteiger partial charge in [-0.1, -0.05) is 24.4 Å². The predicted octanol–water partition coefficient (Wildman–Crippen LogP) is 3.29. The molecule has 0 radical (unpaired) electrons. The molecular weight excluding hydrogens is 272 g/mol. The number of nitrogens with zero attached hydrogens (tertiary/aromatic N) is 3. The first kappa shape index (κ1) is 13.6. The van der Waals surface area contributed by atoms with Gasteiger partial charge in [0.1, 0.15) is 0 Å². The lowest BCUT2D eigenvalue weighted by Gasteiger charge is -2.11. The Morgan fingerprint density at radius 3 is 2.80 bits per heavy atom. The zero-order chi connectivity index (χ0) is 13.9. The molecular formula is C15H19ClN4. The number of hydrogen-bond acceptors (Lipinski definition) is 3. The van der Waals surface area contributed by atoms with Crippen molar-refractivity contribution in [1.82, 2.24) is 14.8 Å². The van der Waals surface area contributed by atoms with Crippen LogP contribution in [-0.4, -0.2) is 14.8 Å². The van der Waals surface area contributed by atoms with Crippen molar-refractivity contribution in [2.45, 2.75) is 44.2 Å². The molecule has 2 N–H and O–H groups in total.